The Kier molecular flexibility index (Phi) is 3.80. The Balaban J connectivity index is 2.13. The Morgan fingerprint density at radius 2 is 2.16 bits per heavy atom. The molecule has 1 heterocycles. The lowest BCUT2D eigenvalue weighted by molar-refractivity contribution is -0.135. The average Bonchev–Trinajstić information content (AvgIpc) is 2.36. The van der Waals surface area contributed by atoms with Crippen molar-refractivity contribution in [3.05, 3.63) is 29.3 Å². The van der Waals surface area contributed by atoms with Gasteiger partial charge < -0.3 is 15.0 Å². The number of methoxy groups -OCH3 is 1. The fraction of sp³-hybridized carbons (Fsp3) is 0.533. The van der Waals surface area contributed by atoms with E-state index in [0.29, 0.717) is 13.1 Å². The van der Waals surface area contributed by atoms with Gasteiger partial charge in [0.25, 0.3) is 0 Å². The van der Waals surface area contributed by atoms with Crippen molar-refractivity contribution >= 4 is 5.91 Å². The molecule has 1 aliphatic rings. The van der Waals surface area contributed by atoms with E-state index in [9.17, 15) is 4.79 Å². The first-order valence-corrected chi connectivity index (χ1v) is 6.57. The smallest absolute Gasteiger partial charge is 0.236 e. The summed E-state index contributed by atoms with van der Waals surface area (Å²) in [4.78, 5) is 13.9. The molecule has 1 fully saturated rings. The van der Waals surface area contributed by atoms with Crippen molar-refractivity contribution in [1.82, 2.24) is 10.2 Å². The van der Waals surface area contributed by atoms with Gasteiger partial charge in [-0.15, -0.1) is 0 Å². The molecule has 1 aromatic carbocycles. The summed E-state index contributed by atoms with van der Waals surface area (Å²) in [7, 11) is 1.66. The third-order valence-electron chi connectivity index (χ3n) is 3.57. The number of benzene rings is 1. The van der Waals surface area contributed by atoms with Gasteiger partial charge in [-0.25, -0.2) is 0 Å². The van der Waals surface area contributed by atoms with E-state index in [1.165, 1.54) is 5.56 Å². The highest BCUT2D eigenvalue weighted by atomic mass is 16.5. The maximum atomic E-state index is 12.0. The van der Waals surface area contributed by atoms with E-state index in [1.54, 1.807) is 7.11 Å². The van der Waals surface area contributed by atoms with Crippen LogP contribution in [0.3, 0.4) is 0 Å². The Morgan fingerprint density at radius 3 is 2.79 bits per heavy atom. The summed E-state index contributed by atoms with van der Waals surface area (Å²) in [6.07, 6.45) is 0. The van der Waals surface area contributed by atoms with E-state index in [2.05, 4.69) is 26.1 Å². The van der Waals surface area contributed by atoms with Crippen LogP contribution in [-0.4, -0.2) is 36.5 Å². The lowest BCUT2D eigenvalue weighted by Crippen LogP contribution is -2.59. The minimum atomic E-state index is -0.0196. The lowest BCUT2D eigenvalue weighted by Gasteiger charge is -2.39. The van der Waals surface area contributed by atoms with Gasteiger partial charge in [-0.1, -0.05) is 6.07 Å². The fourth-order valence-corrected chi connectivity index (χ4v) is 2.37. The van der Waals surface area contributed by atoms with Crippen LogP contribution >= 0.6 is 0 Å². The zero-order valence-electron chi connectivity index (χ0n) is 12.1. The van der Waals surface area contributed by atoms with Crippen LogP contribution in [0.4, 0.5) is 0 Å². The van der Waals surface area contributed by atoms with E-state index in [4.69, 9.17) is 4.74 Å². The lowest BCUT2D eigenvalue weighted by atomic mass is 10.0. The molecule has 0 spiro atoms. The number of amides is 1. The fourth-order valence-electron chi connectivity index (χ4n) is 2.37. The highest BCUT2D eigenvalue weighted by Crippen LogP contribution is 2.20. The second-order valence-electron chi connectivity index (χ2n) is 5.78. The quantitative estimate of drug-likeness (QED) is 0.901. The van der Waals surface area contributed by atoms with Crippen molar-refractivity contribution in [2.24, 2.45) is 0 Å². The molecule has 0 aliphatic carbocycles. The highest BCUT2D eigenvalue weighted by Gasteiger charge is 2.30. The maximum absolute atomic E-state index is 12.0. The normalized spacial score (nSPS) is 18.5. The van der Waals surface area contributed by atoms with Crippen molar-refractivity contribution in [3.63, 3.8) is 0 Å². The molecule has 1 saturated heterocycles. The number of nitrogens with zero attached hydrogens (tertiary/aromatic N) is 1. The summed E-state index contributed by atoms with van der Waals surface area (Å²) in [5.41, 5.74) is 2.31. The number of hydrogen-bond donors (Lipinski definition) is 1. The van der Waals surface area contributed by atoms with Gasteiger partial charge in [-0.2, -0.15) is 0 Å². The van der Waals surface area contributed by atoms with Crippen LogP contribution in [0, 0.1) is 6.92 Å². The molecule has 4 heteroatoms. The predicted octanol–water partition coefficient (Wildman–Crippen LogP) is 1.71. The van der Waals surface area contributed by atoms with Gasteiger partial charge in [0.05, 0.1) is 13.7 Å². The van der Waals surface area contributed by atoms with Crippen LogP contribution in [0.5, 0.6) is 5.75 Å². The van der Waals surface area contributed by atoms with Gasteiger partial charge >= 0.3 is 0 Å². The Hall–Kier alpha value is -1.55. The third kappa shape index (κ3) is 3.26. The molecule has 0 aromatic heterocycles. The number of rotatable bonds is 3. The molecule has 1 aliphatic heterocycles. The average molecular weight is 262 g/mol. The number of carbonyl (C=O) groups excluding carboxylic acids is 1. The van der Waals surface area contributed by atoms with Crippen molar-refractivity contribution in [1.29, 1.82) is 0 Å². The number of piperazine rings is 1. The minimum Gasteiger partial charge on any atom is -0.497 e. The van der Waals surface area contributed by atoms with Crippen LogP contribution in [0.15, 0.2) is 18.2 Å². The second kappa shape index (κ2) is 5.21. The summed E-state index contributed by atoms with van der Waals surface area (Å²) in [6.45, 7) is 8.11. The molecule has 4 nitrogen and oxygen atoms in total. The van der Waals surface area contributed by atoms with Crippen LogP contribution in [0.1, 0.15) is 25.0 Å². The van der Waals surface area contributed by atoms with Crippen LogP contribution in [0.25, 0.3) is 0 Å². The Bertz CT molecular complexity index is 483. The van der Waals surface area contributed by atoms with E-state index in [-0.39, 0.29) is 11.4 Å². The van der Waals surface area contributed by atoms with Gasteiger partial charge in [-0.3, -0.25) is 4.79 Å². The summed E-state index contributed by atoms with van der Waals surface area (Å²) in [5, 5.41) is 3.25. The molecule has 1 N–H and O–H groups in total. The highest BCUT2D eigenvalue weighted by molar-refractivity contribution is 5.79. The van der Waals surface area contributed by atoms with E-state index >= 15 is 0 Å². The van der Waals surface area contributed by atoms with Gasteiger partial charge in [0.2, 0.25) is 5.91 Å². The maximum Gasteiger partial charge on any atom is 0.236 e. The third-order valence-corrected chi connectivity index (χ3v) is 3.57. The molecular formula is C15H22N2O2. The first-order valence-electron chi connectivity index (χ1n) is 6.57. The zero-order valence-corrected chi connectivity index (χ0v) is 12.1. The zero-order chi connectivity index (χ0) is 14.0. The summed E-state index contributed by atoms with van der Waals surface area (Å²) >= 11 is 0. The molecule has 0 bridgehead atoms. The number of ether oxygens (including phenoxy) is 1. The van der Waals surface area contributed by atoms with Crippen LogP contribution in [-0.2, 0) is 11.3 Å². The van der Waals surface area contributed by atoms with E-state index in [1.807, 2.05) is 23.1 Å². The molecule has 0 radical (unpaired) electrons. The topological polar surface area (TPSA) is 41.6 Å². The number of hydrogen-bond acceptors (Lipinski definition) is 3. The van der Waals surface area contributed by atoms with Gasteiger partial charge in [0, 0.05) is 18.6 Å². The standard InChI is InChI=1S/C15H22N2O2/c1-11-7-13(19-4)6-5-12(11)9-17-10-15(2,3)16-8-14(17)18/h5-7,16H,8-10H2,1-4H3. The number of nitrogens with one attached hydrogen (secondary N) is 1. The van der Waals surface area contributed by atoms with Crippen LogP contribution < -0.4 is 10.1 Å². The van der Waals surface area contributed by atoms with Crippen molar-refractivity contribution < 1.29 is 9.53 Å². The molecule has 1 amide bonds. The summed E-state index contributed by atoms with van der Waals surface area (Å²) < 4.78 is 5.20. The largest absolute Gasteiger partial charge is 0.497 e. The summed E-state index contributed by atoms with van der Waals surface area (Å²) in [5.74, 6) is 1.02. The minimum absolute atomic E-state index is 0.0196. The molecule has 104 valence electrons. The van der Waals surface area contributed by atoms with E-state index in [0.717, 1.165) is 17.9 Å². The molecule has 0 saturated carbocycles. The molecule has 0 unspecified atom stereocenters. The summed E-state index contributed by atoms with van der Waals surface area (Å²) in [6, 6.07) is 5.99. The van der Waals surface area contributed by atoms with Crippen molar-refractivity contribution in [2.75, 3.05) is 20.2 Å². The molecule has 19 heavy (non-hydrogen) atoms. The predicted molar refractivity (Wildman–Crippen MR) is 75.2 cm³/mol. The van der Waals surface area contributed by atoms with Gasteiger partial charge in [0.15, 0.2) is 0 Å². The first-order chi connectivity index (χ1) is 8.91. The second-order valence-corrected chi connectivity index (χ2v) is 5.78. The molecular weight excluding hydrogens is 240 g/mol. The Morgan fingerprint density at radius 1 is 1.42 bits per heavy atom. The number of carbonyl (C=O) groups is 1. The van der Waals surface area contributed by atoms with Crippen molar-refractivity contribution in [3.8, 4) is 5.75 Å². The van der Waals surface area contributed by atoms with Gasteiger partial charge in [0.1, 0.15) is 5.75 Å². The number of aryl methyl sites for hydroxylation is 1. The van der Waals surface area contributed by atoms with Crippen LogP contribution in [0.2, 0.25) is 0 Å². The molecule has 0 atom stereocenters. The Labute approximate surface area is 114 Å². The van der Waals surface area contributed by atoms with E-state index < -0.39 is 0 Å². The van der Waals surface area contributed by atoms with Crippen molar-refractivity contribution in [2.45, 2.75) is 32.9 Å². The SMILES string of the molecule is COc1ccc(CN2CC(C)(C)NCC2=O)c(C)c1. The molecule has 1 aromatic rings. The first kappa shape index (κ1) is 13.9. The van der Waals surface area contributed by atoms with Gasteiger partial charge in [-0.05, 0) is 44.0 Å². The molecule has 2 rings (SSSR count). The monoisotopic (exact) mass is 262 g/mol.